The molecule has 0 saturated carbocycles. The van der Waals surface area contributed by atoms with E-state index in [0.717, 1.165) is 36.7 Å². The number of terminal acetylenes is 1. The number of fused-ring (bicyclic) bond motifs is 3. The molecule has 4 heterocycles. The van der Waals surface area contributed by atoms with Crippen LogP contribution in [0.1, 0.15) is 31.2 Å². The molecule has 0 amide bonds. The maximum Gasteiger partial charge on any atom is 0.317 e. The second kappa shape index (κ2) is 8.47. The van der Waals surface area contributed by atoms with E-state index in [1.54, 1.807) is 25.6 Å². The van der Waals surface area contributed by atoms with Gasteiger partial charge < -0.3 is 9.47 Å². The highest BCUT2D eigenvalue weighted by Gasteiger charge is 2.45. The summed E-state index contributed by atoms with van der Waals surface area (Å²) in [6.45, 7) is 2.74. The molecule has 2 fully saturated rings. The summed E-state index contributed by atoms with van der Waals surface area (Å²) in [5, 5.41) is 2.10. The van der Waals surface area contributed by atoms with Crippen LogP contribution in [-0.2, 0) is 0 Å². The van der Waals surface area contributed by atoms with Crippen molar-refractivity contribution < 1.29 is 13.9 Å². The Kier molecular flexibility index (Phi) is 5.27. The first-order valence-electron chi connectivity index (χ1n) is 11.9. The van der Waals surface area contributed by atoms with E-state index in [1.165, 1.54) is 12.8 Å². The molecule has 2 saturated heterocycles. The fourth-order valence-electron chi connectivity index (χ4n) is 5.69. The lowest BCUT2D eigenvalue weighted by molar-refractivity contribution is 0.108. The third-order valence-electron chi connectivity index (χ3n) is 7.42. The van der Waals surface area contributed by atoms with Crippen LogP contribution >= 0.6 is 0 Å². The quantitative estimate of drug-likeness (QED) is 0.385. The van der Waals surface area contributed by atoms with Crippen molar-refractivity contribution in [2.75, 3.05) is 26.8 Å². The Balaban J connectivity index is 1.43. The first kappa shape index (κ1) is 21.8. The van der Waals surface area contributed by atoms with E-state index in [4.69, 9.17) is 15.9 Å². The summed E-state index contributed by atoms with van der Waals surface area (Å²) in [6.07, 6.45) is 13.5. The molecule has 2 aliphatic heterocycles. The number of nitrogens with zero attached hydrogens (tertiary/aromatic N) is 4. The standard InChI is InChI=1S/C28H25FN4O2/c1-3-18-7-4-8-19-13-21(34-2)14-22(23(18)19)26-24(29)25-20(15-30-26)16-31-27(32-25)35-17-28-9-5-11-33(28)12-6-10-28/h1,4,7-8,13-16H,5-6,9-12,17H2,2H3. The molecule has 2 aromatic heterocycles. The number of ether oxygens (including phenoxy) is 2. The fraction of sp³-hybridized carbons (Fsp3) is 0.321. The zero-order chi connectivity index (χ0) is 24.0. The lowest BCUT2D eigenvalue weighted by Crippen LogP contribution is -2.43. The van der Waals surface area contributed by atoms with Crippen LogP contribution in [0.3, 0.4) is 0 Å². The van der Waals surface area contributed by atoms with Crippen LogP contribution in [0.2, 0.25) is 0 Å². The summed E-state index contributed by atoms with van der Waals surface area (Å²) in [6, 6.07) is 9.44. The normalized spacial score (nSPS) is 16.9. The van der Waals surface area contributed by atoms with Crippen LogP contribution in [0, 0.1) is 18.2 Å². The van der Waals surface area contributed by atoms with Gasteiger partial charge in [-0.25, -0.2) is 9.37 Å². The SMILES string of the molecule is C#Cc1cccc2cc(OC)cc(-c3ncc4cnc(OCC56CCCN5CCC6)nc4c3F)c12. The van der Waals surface area contributed by atoms with Gasteiger partial charge in [-0.15, -0.1) is 6.42 Å². The zero-order valence-corrected chi connectivity index (χ0v) is 19.6. The number of benzene rings is 2. The predicted molar refractivity (Wildman–Crippen MR) is 133 cm³/mol. The minimum Gasteiger partial charge on any atom is -0.497 e. The maximum absolute atomic E-state index is 16.0. The van der Waals surface area contributed by atoms with Crippen LogP contribution in [-0.4, -0.2) is 52.2 Å². The van der Waals surface area contributed by atoms with Crippen molar-refractivity contribution in [1.82, 2.24) is 19.9 Å². The molecule has 0 unspecified atom stereocenters. The van der Waals surface area contributed by atoms with E-state index >= 15 is 4.39 Å². The highest BCUT2D eigenvalue weighted by molar-refractivity contribution is 6.02. The van der Waals surface area contributed by atoms with Gasteiger partial charge in [-0.2, -0.15) is 4.98 Å². The van der Waals surface area contributed by atoms with E-state index < -0.39 is 5.82 Å². The van der Waals surface area contributed by atoms with Crippen molar-refractivity contribution in [3.8, 4) is 35.4 Å². The van der Waals surface area contributed by atoms with Crippen molar-refractivity contribution in [2.45, 2.75) is 31.2 Å². The Hall–Kier alpha value is -3.76. The molecule has 6 nitrogen and oxygen atoms in total. The van der Waals surface area contributed by atoms with Crippen LogP contribution in [0.15, 0.2) is 42.7 Å². The highest BCUT2D eigenvalue weighted by atomic mass is 19.1. The second-order valence-corrected chi connectivity index (χ2v) is 9.31. The zero-order valence-electron chi connectivity index (χ0n) is 19.6. The molecule has 0 N–H and O–H groups in total. The molecule has 35 heavy (non-hydrogen) atoms. The van der Waals surface area contributed by atoms with Gasteiger partial charge in [0.05, 0.1) is 12.6 Å². The summed E-state index contributed by atoms with van der Waals surface area (Å²) in [5.74, 6) is 2.75. The minimum atomic E-state index is -0.544. The monoisotopic (exact) mass is 468 g/mol. The molecule has 0 atom stereocenters. The lowest BCUT2D eigenvalue weighted by atomic mass is 9.95. The maximum atomic E-state index is 16.0. The third-order valence-corrected chi connectivity index (χ3v) is 7.42. The number of rotatable bonds is 5. The van der Waals surface area contributed by atoms with E-state index in [-0.39, 0.29) is 22.8 Å². The topological polar surface area (TPSA) is 60.4 Å². The Bertz CT molecular complexity index is 1490. The van der Waals surface area contributed by atoms with Crippen molar-refractivity contribution in [3.05, 3.63) is 54.1 Å². The van der Waals surface area contributed by atoms with E-state index in [0.29, 0.717) is 28.9 Å². The lowest BCUT2D eigenvalue weighted by Gasteiger charge is -2.31. The van der Waals surface area contributed by atoms with Gasteiger partial charge in [0.15, 0.2) is 5.82 Å². The van der Waals surface area contributed by atoms with Crippen molar-refractivity contribution >= 4 is 21.7 Å². The first-order valence-corrected chi connectivity index (χ1v) is 11.9. The fourth-order valence-corrected chi connectivity index (χ4v) is 5.69. The van der Waals surface area contributed by atoms with Gasteiger partial charge >= 0.3 is 6.01 Å². The van der Waals surface area contributed by atoms with Gasteiger partial charge in [0, 0.05) is 34.3 Å². The molecule has 176 valence electrons. The molecule has 2 aromatic carbocycles. The Labute approximate surface area is 203 Å². The van der Waals surface area contributed by atoms with Gasteiger partial charge in [0.2, 0.25) is 0 Å². The highest BCUT2D eigenvalue weighted by Crippen LogP contribution is 2.39. The molecular formula is C28H25FN4O2. The molecule has 0 aliphatic carbocycles. The second-order valence-electron chi connectivity index (χ2n) is 9.31. The van der Waals surface area contributed by atoms with Gasteiger partial charge in [0.1, 0.15) is 23.6 Å². The van der Waals surface area contributed by atoms with Gasteiger partial charge in [-0.3, -0.25) is 9.88 Å². The smallest absolute Gasteiger partial charge is 0.317 e. The number of halogens is 1. The molecule has 4 aromatic rings. The minimum absolute atomic E-state index is 0.0609. The predicted octanol–water partition coefficient (Wildman–Crippen LogP) is 4.98. The number of hydrogen-bond donors (Lipinski definition) is 0. The Morgan fingerprint density at radius 1 is 1.11 bits per heavy atom. The summed E-state index contributed by atoms with van der Waals surface area (Å²) in [4.78, 5) is 15.7. The molecule has 0 spiro atoms. The van der Waals surface area contributed by atoms with Crippen LogP contribution in [0.5, 0.6) is 11.8 Å². The summed E-state index contributed by atoms with van der Waals surface area (Å²) in [7, 11) is 1.58. The van der Waals surface area contributed by atoms with Crippen LogP contribution in [0.4, 0.5) is 4.39 Å². The summed E-state index contributed by atoms with van der Waals surface area (Å²) in [5.41, 5.74) is 1.60. The first-order chi connectivity index (χ1) is 17.1. The molecule has 0 radical (unpaired) electrons. The van der Waals surface area contributed by atoms with Gasteiger partial charge in [-0.1, -0.05) is 18.1 Å². The number of methoxy groups -OCH3 is 1. The molecule has 6 rings (SSSR count). The number of hydrogen-bond acceptors (Lipinski definition) is 6. The van der Waals surface area contributed by atoms with Crippen molar-refractivity contribution in [1.29, 1.82) is 0 Å². The van der Waals surface area contributed by atoms with Crippen molar-refractivity contribution in [2.24, 2.45) is 0 Å². The van der Waals surface area contributed by atoms with Gasteiger partial charge in [0.25, 0.3) is 0 Å². The third kappa shape index (κ3) is 3.57. The van der Waals surface area contributed by atoms with Gasteiger partial charge in [-0.05, 0) is 62.4 Å². The van der Waals surface area contributed by atoms with Crippen molar-refractivity contribution in [3.63, 3.8) is 0 Å². The molecule has 2 aliphatic rings. The molecular weight excluding hydrogens is 443 g/mol. The Morgan fingerprint density at radius 3 is 2.69 bits per heavy atom. The van der Waals surface area contributed by atoms with E-state index in [2.05, 4.69) is 25.8 Å². The number of pyridine rings is 1. The summed E-state index contributed by atoms with van der Waals surface area (Å²) >= 11 is 0. The van der Waals surface area contributed by atoms with E-state index in [1.807, 2.05) is 24.3 Å². The average molecular weight is 469 g/mol. The average Bonchev–Trinajstić information content (AvgIpc) is 3.47. The van der Waals surface area contributed by atoms with E-state index in [9.17, 15) is 0 Å². The molecule has 0 bridgehead atoms. The Morgan fingerprint density at radius 2 is 1.91 bits per heavy atom. The van der Waals surface area contributed by atoms with Crippen LogP contribution < -0.4 is 9.47 Å². The number of aromatic nitrogens is 3. The summed E-state index contributed by atoms with van der Waals surface area (Å²) < 4.78 is 27.5. The largest absolute Gasteiger partial charge is 0.497 e. The van der Waals surface area contributed by atoms with Crippen LogP contribution in [0.25, 0.3) is 32.9 Å². The molecule has 7 heteroatoms.